The fourth-order valence-electron chi connectivity index (χ4n) is 2.51. The first-order chi connectivity index (χ1) is 7.66. The fourth-order valence-corrected chi connectivity index (χ4v) is 2.51. The Hall–Kier alpha value is -1.02. The molecule has 1 aliphatic rings. The van der Waals surface area contributed by atoms with Crippen LogP contribution in [-0.4, -0.2) is 11.1 Å². The van der Waals surface area contributed by atoms with Crippen LogP contribution in [-0.2, 0) is 19.3 Å². The van der Waals surface area contributed by atoms with Crippen molar-refractivity contribution in [3.05, 3.63) is 28.8 Å². The molecule has 2 rings (SSSR count). The third-order valence-corrected chi connectivity index (χ3v) is 3.33. The maximum absolute atomic E-state index is 9.95. The monoisotopic (exact) mass is 219 g/mol. The van der Waals surface area contributed by atoms with E-state index >= 15 is 0 Å². The number of benzene rings is 1. The van der Waals surface area contributed by atoms with Crippen molar-refractivity contribution in [2.75, 3.05) is 0 Å². The molecule has 2 heteroatoms. The summed E-state index contributed by atoms with van der Waals surface area (Å²) in [5.74, 6) is 0.429. The van der Waals surface area contributed by atoms with Crippen molar-refractivity contribution in [1.29, 1.82) is 0 Å². The van der Waals surface area contributed by atoms with Gasteiger partial charge in [0.1, 0.15) is 5.75 Å². The van der Waals surface area contributed by atoms with Crippen molar-refractivity contribution in [3.63, 3.8) is 0 Å². The lowest BCUT2D eigenvalue weighted by atomic mass is 9.96. The topological polar surface area (TPSA) is 46.2 Å². The zero-order valence-electron chi connectivity index (χ0n) is 10.00. The third-order valence-electron chi connectivity index (χ3n) is 3.33. The minimum atomic E-state index is 0.106. The molecule has 1 aliphatic carbocycles. The van der Waals surface area contributed by atoms with Crippen LogP contribution in [0.1, 0.15) is 42.9 Å². The van der Waals surface area contributed by atoms with Crippen molar-refractivity contribution < 1.29 is 5.11 Å². The molecule has 2 nitrogen and oxygen atoms in total. The van der Waals surface area contributed by atoms with Crippen LogP contribution in [0.2, 0.25) is 0 Å². The Morgan fingerprint density at radius 1 is 1.19 bits per heavy atom. The maximum Gasteiger partial charge on any atom is 0.119 e. The molecule has 88 valence electrons. The summed E-state index contributed by atoms with van der Waals surface area (Å²) in [6, 6.07) is 4.23. The summed E-state index contributed by atoms with van der Waals surface area (Å²) in [5.41, 5.74) is 9.56. The highest BCUT2D eigenvalue weighted by molar-refractivity contribution is 5.43. The molecule has 1 aromatic rings. The van der Waals surface area contributed by atoms with Crippen LogP contribution < -0.4 is 5.73 Å². The van der Waals surface area contributed by atoms with E-state index in [2.05, 4.69) is 6.07 Å². The van der Waals surface area contributed by atoms with E-state index in [9.17, 15) is 5.11 Å². The molecule has 0 bridgehead atoms. The Bertz CT molecular complexity index is 371. The van der Waals surface area contributed by atoms with E-state index in [1.807, 2.05) is 13.0 Å². The van der Waals surface area contributed by atoms with Gasteiger partial charge in [0, 0.05) is 6.04 Å². The Labute approximate surface area is 97.5 Å². The minimum Gasteiger partial charge on any atom is -0.508 e. The van der Waals surface area contributed by atoms with Gasteiger partial charge in [-0.3, -0.25) is 0 Å². The van der Waals surface area contributed by atoms with E-state index in [1.54, 1.807) is 0 Å². The molecule has 0 saturated carbocycles. The van der Waals surface area contributed by atoms with Gasteiger partial charge in [0.15, 0.2) is 0 Å². The van der Waals surface area contributed by atoms with E-state index in [0.29, 0.717) is 5.75 Å². The number of hydrogen-bond donors (Lipinski definition) is 2. The van der Waals surface area contributed by atoms with Gasteiger partial charge < -0.3 is 10.8 Å². The van der Waals surface area contributed by atoms with Crippen LogP contribution in [0.4, 0.5) is 0 Å². The Balaban J connectivity index is 2.31. The zero-order chi connectivity index (χ0) is 11.5. The number of hydrogen-bond acceptors (Lipinski definition) is 2. The van der Waals surface area contributed by atoms with Crippen molar-refractivity contribution in [2.24, 2.45) is 5.73 Å². The molecule has 1 aromatic carbocycles. The Morgan fingerprint density at radius 3 is 2.44 bits per heavy atom. The molecular weight excluding hydrogens is 198 g/mol. The Morgan fingerprint density at radius 2 is 1.81 bits per heavy atom. The van der Waals surface area contributed by atoms with Gasteiger partial charge in [0.25, 0.3) is 0 Å². The summed E-state index contributed by atoms with van der Waals surface area (Å²) in [6.45, 7) is 1.98. The standard InChI is InChI=1S/C14H21NO/c1-10(15)7-13-8-11-5-3-2-4-6-12(11)9-14(13)16/h8-10,16H,2-7,15H2,1H3. The molecule has 0 radical (unpaired) electrons. The number of phenolic OH excluding ortho intramolecular Hbond substituents is 1. The normalized spacial score (nSPS) is 17.6. The van der Waals surface area contributed by atoms with Crippen LogP contribution in [0, 0.1) is 0 Å². The highest BCUT2D eigenvalue weighted by Gasteiger charge is 2.12. The maximum atomic E-state index is 9.95. The number of rotatable bonds is 2. The lowest BCUT2D eigenvalue weighted by Gasteiger charge is -2.12. The molecule has 1 atom stereocenters. The lowest BCUT2D eigenvalue weighted by Crippen LogP contribution is -2.18. The van der Waals surface area contributed by atoms with Gasteiger partial charge in [-0.2, -0.15) is 0 Å². The van der Waals surface area contributed by atoms with E-state index in [-0.39, 0.29) is 6.04 Å². The SMILES string of the molecule is CC(N)Cc1cc2c(cc1O)CCCCC2. The summed E-state index contributed by atoms with van der Waals surface area (Å²) >= 11 is 0. The predicted octanol–water partition coefficient (Wildman–Crippen LogP) is 2.55. The first kappa shape index (κ1) is 11.5. The van der Waals surface area contributed by atoms with E-state index in [4.69, 9.17) is 5.73 Å². The molecule has 0 heterocycles. The molecule has 0 aliphatic heterocycles. The molecule has 0 spiro atoms. The van der Waals surface area contributed by atoms with Crippen LogP contribution in [0.5, 0.6) is 5.75 Å². The van der Waals surface area contributed by atoms with E-state index in [0.717, 1.165) is 24.8 Å². The first-order valence-corrected chi connectivity index (χ1v) is 6.26. The predicted molar refractivity (Wildman–Crippen MR) is 66.7 cm³/mol. The minimum absolute atomic E-state index is 0.106. The van der Waals surface area contributed by atoms with Gasteiger partial charge in [0.05, 0.1) is 0 Å². The van der Waals surface area contributed by atoms with Gasteiger partial charge in [-0.1, -0.05) is 12.5 Å². The van der Waals surface area contributed by atoms with Crippen molar-refractivity contribution in [2.45, 2.75) is 51.5 Å². The zero-order valence-corrected chi connectivity index (χ0v) is 10.00. The van der Waals surface area contributed by atoms with E-state index in [1.165, 1.54) is 30.4 Å². The number of phenols is 1. The summed E-state index contributed by atoms with van der Waals surface area (Å²) in [6.07, 6.45) is 6.86. The highest BCUT2D eigenvalue weighted by Crippen LogP contribution is 2.28. The summed E-state index contributed by atoms with van der Waals surface area (Å²) < 4.78 is 0. The van der Waals surface area contributed by atoms with Gasteiger partial charge >= 0.3 is 0 Å². The molecular formula is C14H21NO. The summed E-state index contributed by atoms with van der Waals surface area (Å²) in [4.78, 5) is 0. The first-order valence-electron chi connectivity index (χ1n) is 6.26. The molecule has 1 unspecified atom stereocenters. The van der Waals surface area contributed by atoms with Crippen LogP contribution in [0.15, 0.2) is 12.1 Å². The van der Waals surface area contributed by atoms with Gasteiger partial charge in [-0.25, -0.2) is 0 Å². The molecule has 0 aromatic heterocycles. The quantitative estimate of drug-likeness (QED) is 0.751. The average Bonchev–Trinajstić information content (AvgIpc) is 2.42. The summed E-state index contributed by atoms with van der Waals surface area (Å²) in [5, 5.41) is 9.95. The smallest absolute Gasteiger partial charge is 0.119 e. The van der Waals surface area contributed by atoms with Crippen LogP contribution in [0.25, 0.3) is 0 Å². The second kappa shape index (κ2) is 4.88. The van der Waals surface area contributed by atoms with Gasteiger partial charge in [-0.05, 0) is 61.8 Å². The van der Waals surface area contributed by atoms with Crippen LogP contribution in [0.3, 0.4) is 0 Å². The Kier molecular flexibility index (Phi) is 3.49. The fraction of sp³-hybridized carbons (Fsp3) is 0.571. The van der Waals surface area contributed by atoms with Crippen molar-refractivity contribution >= 4 is 0 Å². The summed E-state index contributed by atoms with van der Waals surface area (Å²) in [7, 11) is 0. The molecule has 0 saturated heterocycles. The second-order valence-electron chi connectivity index (χ2n) is 4.99. The number of fused-ring (bicyclic) bond motifs is 1. The lowest BCUT2D eigenvalue weighted by molar-refractivity contribution is 0.464. The highest BCUT2D eigenvalue weighted by atomic mass is 16.3. The second-order valence-corrected chi connectivity index (χ2v) is 4.99. The van der Waals surface area contributed by atoms with Crippen molar-refractivity contribution in [1.82, 2.24) is 0 Å². The molecule has 0 fully saturated rings. The molecule has 3 N–H and O–H groups in total. The van der Waals surface area contributed by atoms with Gasteiger partial charge in [0.2, 0.25) is 0 Å². The average molecular weight is 219 g/mol. The largest absolute Gasteiger partial charge is 0.508 e. The number of aryl methyl sites for hydroxylation is 2. The van der Waals surface area contributed by atoms with Crippen LogP contribution >= 0.6 is 0 Å². The molecule has 16 heavy (non-hydrogen) atoms. The van der Waals surface area contributed by atoms with E-state index < -0.39 is 0 Å². The number of nitrogens with two attached hydrogens (primary N) is 1. The molecule has 0 amide bonds. The number of aromatic hydroxyl groups is 1. The van der Waals surface area contributed by atoms with Gasteiger partial charge in [-0.15, -0.1) is 0 Å². The third kappa shape index (κ3) is 2.56. The van der Waals surface area contributed by atoms with Crippen molar-refractivity contribution in [3.8, 4) is 5.75 Å².